The van der Waals surface area contributed by atoms with Crippen molar-refractivity contribution in [2.75, 3.05) is 35.0 Å². The van der Waals surface area contributed by atoms with Crippen LogP contribution in [-0.4, -0.2) is 68.2 Å². The molecule has 0 aliphatic heterocycles. The predicted molar refractivity (Wildman–Crippen MR) is 76.6 cm³/mol. The van der Waals surface area contributed by atoms with Crippen molar-refractivity contribution in [1.29, 1.82) is 0 Å². The van der Waals surface area contributed by atoms with E-state index in [-0.39, 0.29) is 6.61 Å². The Morgan fingerprint density at radius 3 is 2.04 bits per heavy atom. The summed E-state index contributed by atoms with van der Waals surface area (Å²) in [6, 6.07) is -1.26. The summed E-state index contributed by atoms with van der Waals surface area (Å²) in [6.07, 6.45) is -1.24. The molecule has 11 nitrogen and oxygen atoms in total. The Morgan fingerprint density at radius 2 is 1.61 bits per heavy atom. The van der Waals surface area contributed by atoms with Crippen molar-refractivity contribution in [3.8, 4) is 0 Å². The summed E-state index contributed by atoms with van der Waals surface area (Å²) in [5.41, 5.74) is 4.43. The van der Waals surface area contributed by atoms with Crippen molar-refractivity contribution in [3.05, 3.63) is 0 Å². The zero-order valence-electron chi connectivity index (χ0n) is 13.7. The van der Waals surface area contributed by atoms with Gasteiger partial charge in [-0.2, -0.15) is 0 Å². The molecule has 0 rings (SSSR count). The summed E-state index contributed by atoms with van der Waals surface area (Å²) in [5, 5.41) is 0. The zero-order chi connectivity index (χ0) is 17.9. The SMILES string of the molecule is CCOC(=O)NN[C@@H](CC(=O)OC)C(=O)O[Si](OC)(OC)OC. The Bertz CT molecular complexity index is 395. The van der Waals surface area contributed by atoms with Crippen LogP contribution in [0.3, 0.4) is 0 Å². The van der Waals surface area contributed by atoms with E-state index < -0.39 is 39.5 Å². The van der Waals surface area contributed by atoms with E-state index >= 15 is 0 Å². The Balaban J connectivity index is 4.92. The first-order chi connectivity index (χ1) is 10.9. The highest BCUT2D eigenvalue weighted by Crippen LogP contribution is 2.10. The van der Waals surface area contributed by atoms with Crippen molar-refractivity contribution in [2.24, 2.45) is 0 Å². The predicted octanol–water partition coefficient (Wildman–Crippen LogP) is -0.913. The van der Waals surface area contributed by atoms with Gasteiger partial charge in [-0.25, -0.2) is 10.2 Å². The van der Waals surface area contributed by atoms with Crippen molar-refractivity contribution in [2.45, 2.75) is 19.4 Å². The average Bonchev–Trinajstić information content (AvgIpc) is 2.56. The molecule has 0 bridgehead atoms. The van der Waals surface area contributed by atoms with E-state index in [1.807, 2.05) is 0 Å². The second kappa shape index (κ2) is 10.9. The summed E-state index contributed by atoms with van der Waals surface area (Å²) in [5.74, 6) is -1.64. The second-order valence-electron chi connectivity index (χ2n) is 3.86. The van der Waals surface area contributed by atoms with Crippen LogP contribution in [0.2, 0.25) is 0 Å². The summed E-state index contributed by atoms with van der Waals surface area (Å²) in [6.45, 7) is 1.74. The van der Waals surface area contributed by atoms with Gasteiger partial charge in [-0.15, -0.1) is 0 Å². The third-order valence-electron chi connectivity index (χ3n) is 2.48. The molecule has 0 unspecified atom stereocenters. The highest BCUT2D eigenvalue weighted by Gasteiger charge is 2.48. The van der Waals surface area contributed by atoms with Gasteiger partial charge in [0.2, 0.25) is 0 Å². The molecule has 12 heteroatoms. The Morgan fingerprint density at radius 1 is 1.04 bits per heavy atom. The monoisotopic (exact) mass is 354 g/mol. The Labute approximate surface area is 134 Å². The van der Waals surface area contributed by atoms with Crippen molar-refractivity contribution in [3.63, 3.8) is 0 Å². The molecule has 0 saturated heterocycles. The number of esters is 1. The first-order valence-electron chi connectivity index (χ1n) is 6.51. The van der Waals surface area contributed by atoms with Gasteiger partial charge < -0.3 is 27.2 Å². The minimum atomic E-state index is -3.66. The van der Waals surface area contributed by atoms with Gasteiger partial charge >= 0.3 is 27.1 Å². The summed E-state index contributed by atoms with van der Waals surface area (Å²) >= 11 is 0. The Kier molecular flexibility index (Phi) is 10.1. The minimum absolute atomic E-state index is 0.132. The van der Waals surface area contributed by atoms with Gasteiger partial charge in [-0.05, 0) is 6.92 Å². The standard InChI is InChI=1S/C11H22N2O9Si/c1-6-21-11(16)13-12-8(7-9(14)17-2)10(15)22-23(18-3,19-4)20-5/h8,12H,6-7H2,1-5H3,(H,13,16)/t8-/m0/s1. The van der Waals surface area contributed by atoms with Crippen molar-refractivity contribution in [1.82, 2.24) is 10.9 Å². The van der Waals surface area contributed by atoms with Gasteiger partial charge in [0.25, 0.3) is 0 Å². The molecule has 0 aromatic rings. The van der Waals surface area contributed by atoms with Crippen LogP contribution in [0.15, 0.2) is 0 Å². The summed E-state index contributed by atoms with van der Waals surface area (Å²) < 4.78 is 29.0. The second-order valence-corrected chi connectivity index (χ2v) is 6.28. The van der Waals surface area contributed by atoms with Crippen LogP contribution in [0.4, 0.5) is 4.79 Å². The molecule has 1 amide bonds. The van der Waals surface area contributed by atoms with Crippen LogP contribution < -0.4 is 10.9 Å². The number of carbonyl (C=O) groups is 3. The lowest BCUT2D eigenvalue weighted by atomic mass is 10.2. The van der Waals surface area contributed by atoms with Gasteiger partial charge in [0, 0.05) is 21.3 Å². The van der Waals surface area contributed by atoms with E-state index in [4.69, 9.17) is 17.7 Å². The molecular weight excluding hydrogens is 332 g/mol. The quantitative estimate of drug-likeness (QED) is 0.289. The third-order valence-corrected chi connectivity index (χ3v) is 4.43. The third kappa shape index (κ3) is 7.38. The van der Waals surface area contributed by atoms with E-state index in [2.05, 4.69) is 20.3 Å². The normalized spacial score (nSPS) is 12.2. The molecule has 134 valence electrons. The Hall–Kier alpha value is -1.73. The number of methoxy groups -OCH3 is 1. The fourth-order valence-corrected chi connectivity index (χ4v) is 2.46. The van der Waals surface area contributed by atoms with Crippen LogP contribution in [-0.2, 0) is 36.8 Å². The van der Waals surface area contributed by atoms with Crippen LogP contribution >= 0.6 is 0 Å². The van der Waals surface area contributed by atoms with E-state index in [9.17, 15) is 14.4 Å². The number of carbonyl (C=O) groups excluding carboxylic acids is 3. The summed E-state index contributed by atoms with van der Waals surface area (Å²) in [7, 11) is 1.22. The highest BCUT2D eigenvalue weighted by molar-refractivity contribution is 6.55. The molecule has 2 N–H and O–H groups in total. The molecular formula is C11H22N2O9Si. The largest absolute Gasteiger partial charge is 0.750 e. The number of hydrogen-bond donors (Lipinski definition) is 2. The maximum absolute atomic E-state index is 12.2. The minimum Gasteiger partial charge on any atom is -0.469 e. The lowest BCUT2D eigenvalue weighted by Crippen LogP contribution is -2.55. The first kappa shape index (κ1) is 21.3. The molecule has 0 heterocycles. The fourth-order valence-electron chi connectivity index (χ4n) is 1.33. The smallest absolute Gasteiger partial charge is 0.469 e. The number of nitrogens with one attached hydrogen (secondary N) is 2. The molecule has 0 fully saturated rings. The molecule has 0 aliphatic carbocycles. The topological polar surface area (TPSA) is 131 Å². The number of hydrazine groups is 1. The maximum Gasteiger partial charge on any atom is 0.750 e. The lowest BCUT2D eigenvalue weighted by Gasteiger charge is -2.25. The first-order valence-corrected chi connectivity index (χ1v) is 8.14. The molecule has 0 saturated carbocycles. The van der Waals surface area contributed by atoms with Gasteiger partial charge in [-0.1, -0.05) is 0 Å². The van der Waals surface area contributed by atoms with Crippen molar-refractivity contribution >= 4 is 27.1 Å². The van der Waals surface area contributed by atoms with Crippen LogP contribution in [0.25, 0.3) is 0 Å². The van der Waals surface area contributed by atoms with Crippen LogP contribution in [0, 0.1) is 0 Å². The number of rotatable bonds is 10. The maximum atomic E-state index is 12.2. The number of hydrogen-bond acceptors (Lipinski definition) is 10. The van der Waals surface area contributed by atoms with Crippen molar-refractivity contribution < 1.29 is 41.6 Å². The highest BCUT2D eigenvalue weighted by atomic mass is 28.4. The number of amides is 1. The molecule has 0 aromatic heterocycles. The zero-order valence-corrected chi connectivity index (χ0v) is 14.7. The van der Waals surface area contributed by atoms with Gasteiger partial charge in [-0.3, -0.25) is 15.0 Å². The van der Waals surface area contributed by atoms with E-state index in [0.29, 0.717) is 0 Å². The lowest BCUT2D eigenvalue weighted by molar-refractivity contribution is -0.151. The molecule has 0 radical (unpaired) electrons. The molecule has 0 aliphatic rings. The molecule has 23 heavy (non-hydrogen) atoms. The van der Waals surface area contributed by atoms with E-state index in [1.165, 1.54) is 21.3 Å². The van der Waals surface area contributed by atoms with E-state index in [0.717, 1.165) is 7.11 Å². The summed E-state index contributed by atoms with van der Waals surface area (Å²) in [4.78, 5) is 34.8. The van der Waals surface area contributed by atoms with E-state index in [1.54, 1.807) is 6.92 Å². The molecule has 1 atom stereocenters. The van der Waals surface area contributed by atoms with Gasteiger partial charge in [0.1, 0.15) is 6.04 Å². The number of ether oxygens (including phenoxy) is 2. The average molecular weight is 354 g/mol. The molecule has 0 spiro atoms. The van der Waals surface area contributed by atoms with Crippen LogP contribution in [0.5, 0.6) is 0 Å². The van der Waals surface area contributed by atoms with Gasteiger partial charge in [0.05, 0.1) is 20.1 Å². The van der Waals surface area contributed by atoms with Gasteiger partial charge in [0.15, 0.2) is 0 Å². The molecule has 0 aromatic carbocycles. The van der Waals surface area contributed by atoms with Crippen LogP contribution in [0.1, 0.15) is 13.3 Å². The fraction of sp³-hybridized carbons (Fsp3) is 0.727.